The highest BCUT2D eigenvalue weighted by Gasteiger charge is 2.34. The molecule has 0 bridgehead atoms. The van der Waals surface area contributed by atoms with Crippen LogP contribution in [0.25, 0.3) is 0 Å². The van der Waals surface area contributed by atoms with Crippen molar-refractivity contribution in [3.8, 4) is 5.75 Å². The number of likely N-dealkylation sites (N-methyl/N-ethyl adjacent to an activating group) is 1. The molecule has 0 aromatic heterocycles. The van der Waals surface area contributed by atoms with E-state index in [9.17, 15) is 19.4 Å². The van der Waals surface area contributed by atoms with E-state index in [2.05, 4.69) is 5.32 Å². The normalized spacial score (nSPS) is 22.5. The minimum atomic E-state index is -0.965. The number of benzene rings is 1. The molecule has 0 aliphatic carbocycles. The second-order valence-electron chi connectivity index (χ2n) is 4.97. The number of hydrogen-bond donors (Lipinski definition) is 3. The number of rotatable bonds is 3. The minimum absolute atomic E-state index is 0.0999. The molecule has 19 heavy (non-hydrogen) atoms. The summed E-state index contributed by atoms with van der Waals surface area (Å²) in [7, 11) is 1.52. The third kappa shape index (κ3) is 3.02. The number of β-amino-alcohol motifs (C(OH)–C–C–N with tert-alkyl or cyclic N) is 1. The zero-order valence-electron chi connectivity index (χ0n) is 10.7. The summed E-state index contributed by atoms with van der Waals surface area (Å²) in [5, 5.41) is 22.8. The van der Waals surface area contributed by atoms with Crippen LogP contribution in [0.3, 0.4) is 0 Å². The van der Waals surface area contributed by atoms with Crippen molar-refractivity contribution in [1.82, 2.24) is 10.2 Å². The molecule has 0 saturated carbocycles. The predicted molar refractivity (Wildman–Crippen MR) is 67.5 cm³/mol. The van der Waals surface area contributed by atoms with Gasteiger partial charge in [-0.15, -0.1) is 0 Å². The quantitative estimate of drug-likeness (QED) is 0.738. The minimum Gasteiger partial charge on any atom is -0.507 e. The fourth-order valence-corrected chi connectivity index (χ4v) is 2.26. The van der Waals surface area contributed by atoms with Crippen LogP contribution in [0.4, 0.5) is 4.39 Å². The van der Waals surface area contributed by atoms with Crippen LogP contribution in [0, 0.1) is 5.82 Å². The summed E-state index contributed by atoms with van der Waals surface area (Å²) in [6, 6.07) is 3.22. The zero-order chi connectivity index (χ0) is 14.0. The average Bonchev–Trinajstić information content (AvgIpc) is 2.78. The van der Waals surface area contributed by atoms with Gasteiger partial charge in [-0.05, 0) is 31.2 Å². The second kappa shape index (κ2) is 5.14. The Labute approximate surface area is 110 Å². The summed E-state index contributed by atoms with van der Waals surface area (Å²) in [6.45, 7) is 1.25. The number of nitrogens with zero attached hydrogens (tertiary/aromatic N) is 1. The molecule has 1 fully saturated rings. The first-order valence-electron chi connectivity index (χ1n) is 6.08. The third-order valence-electron chi connectivity index (χ3n) is 3.29. The highest BCUT2D eigenvalue weighted by Crippen LogP contribution is 2.21. The summed E-state index contributed by atoms with van der Waals surface area (Å²) >= 11 is 0. The van der Waals surface area contributed by atoms with Gasteiger partial charge in [-0.25, -0.2) is 4.39 Å². The molecule has 1 aromatic carbocycles. The number of phenolic OH excluding ortho intramolecular Hbond substituents is 1. The van der Waals surface area contributed by atoms with E-state index in [1.165, 1.54) is 11.9 Å². The second-order valence-corrected chi connectivity index (χ2v) is 4.97. The van der Waals surface area contributed by atoms with Gasteiger partial charge < -0.3 is 20.4 Å². The molecule has 3 N–H and O–H groups in total. The summed E-state index contributed by atoms with van der Waals surface area (Å²) in [5.74, 6) is -1.37. The Morgan fingerprint density at radius 2 is 2.32 bits per heavy atom. The van der Waals surface area contributed by atoms with Gasteiger partial charge in [0.2, 0.25) is 0 Å². The molecule has 1 unspecified atom stereocenters. The van der Waals surface area contributed by atoms with Crippen molar-refractivity contribution in [3.63, 3.8) is 0 Å². The van der Waals surface area contributed by atoms with Crippen LogP contribution >= 0.6 is 0 Å². The Bertz CT molecular complexity index is 487. The van der Waals surface area contributed by atoms with E-state index < -0.39 is 17.3 Å². The monoisotopic (exact) mass is 268 g/mol. The van der Waals surface area contributed by atoms with Gasteiger partial charge in [0.15, 0.2) is 0 Å². The Balaban J connectivity index is 2.12. The van der Waals surface area contributed by atoms with Gasteiger partial charge in [0, 0.05) is 13.6 Å². The van der Waals surface area contributed by atoms with Crippen molar-refractivity contribution >= 4 is 5.91 Å². The number of carbonyl (C=O) groups is 1. The van der Waals surface area contributed by atoms with Crippen molar-refractivity contribution in [3.05, 3.63) is 29.6 Å². The maximum absolute atomic E-state index is 13.1. The first kappa shape index (κ1) is 13.8. The molecule has 1 aliphatic heterocycles. The summed E-state index contributed by atoms with van der Waals surface area (Å²) in [5.41, 5.74) is -1.06. The smallest absolute Gasteiger partial charge is 0.257 e. The number of phenols is 1. The Kier molecular flexibility index (Phi) is 3.73. The topological polar surface area (TPSA) is 72.8 Å². The number of nitrogens with one attached hydrogen (secondary N) is 1. The van der Waals surface area contributed by atoms with Crippen LogP contribution < -0.4 is 5.32 Å². The van der Waals surface area contributed by atoms with E-state index in [4.69, 9.17) is 0 Å². The largest absolute Gasteiger partial charge is 0.507 e. The number of carbonyl (C=O) groups excluding carboxylic acids is 1. The van der Waals surface area contributed by atoms with E-state index >= 15 is 0 Å². The van der Waals surface area contributed by atoms with E-state index in [0.29, 0.717) is 19.5 Å². The molecule has 1 amide bonds. The number of amides is 1. The lowest BCUT2D eigenvalue weighted by molar-refractivity contribution is 0.0251. The van der Waals surface area contributed by atoms with Gasteiger partial charge in [-0.1, -0.05) is 0 Å². The van der Waals surface area contributed by atoms with E-state index in [1.54, 1.807) is 0 Å². The molecule has 6 heteroatoms. The van der Waals surface area contributed by atoms with Crippen LogP contribution in [-0.4, -0.2) is 53.3 Å². The zero-order valence-corrected chi connectivity index (χ0v) is 10.7. The molecular weight excluding hydrogens is 251 g/mol. The number of aromatic hydroxyl groups is 1. The van der Waals surface area contributed by atoms with Crippen molar-refractivity contribution < 1.29 is 19.4 Å². The Morgan fingerprint density at radius 1 is 1.58 bits per heavy atom. The van der Waals surface area contributed by atoms with E-state index in [-0.39, 0.29) is 17.9 Å². The van der Waals surface area contributed by atoms with E-state index in [1.807, 2.05) is 0 Å². The predicted octanol–water partition coefficient (Wildman–Crippen LogP) is 0.328. The van der Waals surface area contributed by atoms with Crippen LogP contribution in [0.15, 0.2) is 18.2 Å². The number of hydrogen-bond acceptors (Lipinski definition) is 4. The third-order valence-corrected chi connectivity index (χ3v) is 3.29. The number of halogens is 1. The molecular formula is C13H17FN2O3. The van der Waals surface area contributed by atoms with Gasteiger partial charge in [-0.3, -0.25) is 4.79 Å². The van der Waals surface area contributed by atoms with Crippen LogP contribution in [-0.2, 0) is 0 Å². The SMILES string of the molecule is CN(CC1(O)CCNC1)C(=O)c1cc(F)ccc1O. The van der Waals surface area contributed by atoms with Crippen molar-refractivity contribution in [1.29, 1.82) is 0 Å². The lowest BCUT2D eigenvalue weighted by atomic mass is 10.0. The molecule has 1 heterocycles. The molecule has 1 atom stereocenters. The van der Waals surface area contributed by atoms with Gasteiger partial charge in [0.1, 0.15) is 11.6 Å². The Hall–Kier alpha value is -1.66. The first-order chi connectivity index (χ1) is 8.91. The van der Waals surface area contributed by atoms with Crippen molar-refractivity contribution in [2.45, 2.75) is 12.0 Å². The fourth-order valence-electron chi connectivity index (χ4n) is 2.26. The molecule has 5 nitrogen and oxygen atoms in total. The Morgan fingerprint density at radius 3 is 2.95 bits per heavy atom. The molecule has 1 saturated heterocycles. The lowest BCUT2D eigenvalue weighted by Crippen LogP contribution is -2.45. The van der Waals surface area contributed by atoms with Crippen molar-refractivity contribution in [2.24, 2.45) is 0 Å². The molecule has 1 aromatic rings. The molecule has 0 radical (unpaired) electrons. The highest BCUT2D eigenvalue weighted by atomic mass is 19.1. The molecule has 2 rings (SSSR count). The average molecular weight is 268 g/mol. The summed E-state index contributed by atoms with van der Waals surface area (Å²) in [4.78, 5) is 13.4. The van der Waals surface area contributed by atoms with Gasteiger partial charge in [0.05, 0.1) is 17.7 Å². The maximum Gasteiger partial charge on any atom is 0.257 e. The van der Waals surface area contributed by atoms with Gasteiger partial charge >= 0.3 is 0 Å². The first-order valence-corrected chi connectivity index (χ1v) is 6.08. The standard InChI is InChI=1S/C13H17FN2O3/c1-16(8-13(19)4-5-15-7-13)12(18)10-6-9(14)2-3-11(10)17/h2-3,6,15,17,19H,4-5,7-8H2,1H3. The lowest BCUT2D eigenvalue weighted by Gasteiger charge is -2.28. The van der Waals surface area contributed by atoms with Crippen molar-refractivity contribution in [2.75, 3.05) is 26.7 Å². The van der Waals surface area contributed by atoms with E-state index in [0.717, 1.165) is 18.2 Å². The molecule has 104 valence electrons. The van der Waals surface area contributed by atoms with Crippen LogP contribution in [0.5, 0.6) is 5.75 Å². The number of aliphatic hydroxyl groups is 1. The van der Waals surface area contributed by atoms with Gasteiger partial charge in [-0.2, -0.15) is 0 Å². The van der Waals surface area contributed by atoms with Gasteiger partial charge in [0.25, 0.3) is 5.91 Å². The molecule has 1 aliphatic rings. The molecule has 0 spiro atoms. The fraction of sp³-hybridized carbons (Fsp3) is 0.462. The van der Waals surface area contributed by atoms with Crippen LogP contribution in [0.1, 0.15) is 16.8 Å². The summed E-state index contributed by atoms with van der Waals surface area (Å²) in [6.07, 6.45) is 0.555. The summed E-state index contributed by atoms with van der Waals surface area (Å²) < 4.78 is 13.1. The van der Waals surface area contributed by atoms with Crippen LogP contribution in [0.2, 0.25) is 0 Å². The highest BCUT2D eigenvalue weighted by molar-refractivity contribution is 5.96. The maximum atomic E-state index is 13.1.